The van der Waals surface area contributed by atoms with Gasteiger partial charge < -0.3 is 9.47 Å². The van der Waals surface area contributed by atoms with Gasteiger partial charge in [0.15, 0.2) is 0 Å². The molecule has 0 radical (unpaired) electrons. The van der Waals surface area contributed by atoms with Crippen LogP contribution in [0, 0.1) is 40.5 Å². The highest BCUT2D eigenvalue weighted by molar-refractivity contribution is 6.01. The maximum absolute atomic E-state index is 14.1. The highest BCUT2D eigenvalue weighted by atomic mass is 16.6. The van der Waals surface area contributed by atoms with E-state index in [9.17, 15) is 50.0 Å². The van der Waals surface area contributed by atoms with Crippen LogP contribution in [0.2, 0.25) is 0 Å². The Labute approximate surface area is 269 Å². The van der Waals surface area contributed by atoms with Crippen molar-refractivity contribution in [2.75, 3.05) is 14.2 Å². The van der Waals surface area contributed by atoms with Gasteiger partial charge in [-0.25, -0.2) is 0 Å². The molecule has 0 atom stereocenters. The van der Waals surface area contributed by atoms with Gasteiger partial charge in [0.25, 0.3) is 22.7 Å². The second-order valence-corrected chi connectivity index (χ2v) is 11.2. The Morgan fingerprint density at radius 2 is 0.729 bits per heavy atom. The third-order valence-electron chi connectivity index (χ3n) is 9.22. The number of hydrogen-bond donors (Lipinski definition) is 0. The molecule has 0 fully saturated rings. The number of non-ortho nitro benzene ring substituents is 4. The number of ether oxygens (including phenoxy) is 2. The molecule has 0 heterocycles. The summed E-state index contributed by atoms with van der Waals surface area (Å²) in [6.45, 7) is 0. The fraction of sp³-hybridized carbons (Fsp3) is 0.188. The summed E-state index contributed by atoms with van der Waals surface area (Å²) < 4.78 is 10.5. The number of benzene rings is 4. The lowest BCUT2D eigenvalue weighted by molar-refractivity contribution is -0.385. The number of esters is 2. The first kappa shape index (κ1) is 31.4. The molecule has 0 saturated heterocycles. The summed E-state index contributed by atoms with van der Waals surface area (Å²) in [5.41, 5.74) is -3.83. The maximum Gasteiger partial charge on any atom is 0.320 e. The second kappa shape index (κ2) is 11.0. The van der Waals surface area contributed by atoms with Gasteiger partial charge in [0.05, 0.1) is 33.9 Å². The molecule has 16 heteroatoms. The molecule has 16 nitrogen and oxygen atoms in total. The zero-order valence-corrected chi connectivity index (χ0v) is 25.0. The zero-order chi connectivity index (χ0) is 34.7. The summed E-state index contributed by atoms with van der Waals surface area (Å²) in [6.07, 6.45) is -0.831. The molecule has 0 bridgehead atoms. The highest BCUT2D eigenvalue weighted by Gasteiger charge is 2.57. The number of methoxy groups -OCH3 is 2. The first-order valence-corrected chi connectivity index (χ1v) is 14.1. The number of fused-ring (bicyclic) bond motifs is 6. The van der Waals surface area contributed by atoms with E-state index in [4.69, 9.17) is 9.47 Å². The van der Waals surface area contributed by atoms with Crippen LogP contribution in [0.3, 0.4) is 0 Å². The van der Waals surface area contributed by atoms with Gasteiger partial charge >= 0.3 is 11.9 Å². The average Bonchev–Trinajstić information content (AvgIpc) is 3.52. The first-order chi connectivity index (χ1) is 22.8. The Morgan fingerprint density at radius 3 is 0.917 bits per heavy atom. The Morgan fingerprint density at radius 1 is 0.500 bits per heavy atom. The number of nitro benzene ring substituents is 4. The van der Waals surface area contributed by atoms with Crippen LogP contribution in [0.4, 0.5) is 22.7 Å². The summed E-state index contributed by atoms with van der Waals surface area (Å²) in [5, 5.41) is 47.6. The van der Waals surface area contributed by atoms with Gasteiger partial charge in [0, 0.05) is 48.5 Å². The second-order valence-electron chi connectivity index (χ2n) is 11.2. The van der Waals surface area contributed by atoms with Crippen LogP contribution in [-0.4, -0.2) is 45.9 Å². The van der Waals surface area contributed by atoms with Gasteiger partial charge in [-0.1, -0.05) is 0 Å². The summed E-state index contributed by atoms with van der Waals surface area (Å²) in [7, 11) is 2.14. The van der Waals surface area contributed by atoms with E-state index in [0.29, 0.717) is 22.3 Å². The molecule has 0 aliphatic heterocycles. The predicted molar refractivity (Wildman–Crippen MR) is 165 cm³/mol. The van der Waals surface area contributed by atoms with E-state index in [0.717, 1.165) is 38.5 Å². The Balaban J connectivity index is 1.67. The Hall–Kier alpha value is -6.58. The summed E-state index contributed by atoms with van der Waals surface area (Å²) in [6, 6.07) is 15.2. The quantitative estimate of drug-likeness (QED) is 0.121. The monoisotopic (exact) mass is 654 g/mol. The van der Waals surface area contributed by atoms with E-state index in [1.807, 2.05) is 0 Å². The van der Waals surface area contributed by atoms with Crippen molar-refractivity contribution in [1.29, 1.82) is 0 Å². The van der Waals surface area contributed by atoms with Crippen molar-refractivity contribution in [2.45, 2.75) is 23.7 Å². The molecule has 4 aromatic carbocycles. The van der Waals surface area contributed by atoms with Gasteiger partial charge in [-0.3, -0.25) is 50.0 Å². The lowest BCUT2D eigenvalue weighted by atomic mass is 9.67. The van der Waals surface area contributed by atoms with Gasteiger partial charge in [-0.2, -0.15) is 0 Å². The summed E-state index contributed by atoms with van der Waals surface area (Å²) in [4.78, 5) is 73.1. The molecule has 0 spiro atoms. The molecule has 242 valence electrons. The first-order valence-electron chi connectivity index (χ1n) is 14.1. The van der Waals surface area contributed by atoms with Crippen LogP contribution in [0.5, 0.6) is 0 Å². The van der Waals surface area contributed by atoms with Crippen molar-refractivity contribution < 1.29 is 38.8 Å². The number of nitro groups is 4. The van der Waals surface area contributed by atoms with Crippen LogP contribution < -0.4 is 0 Å². The largest absolute Gasteiger partial charge is 0.468 e. The van der Waals surface area contributed by atoms with Crippen LogP contribution in [0.15, 0.2) is 72.8 Å². The van der Waals surface area contributed by atoms with E-state index in [2.05, 4.69) is 0 Å². The molecule has 0 aromatic heterocycles. The molecule has 4 aromatic rings. The standard InChI is InChI=1S/C32H22N4O12/c1-47-29(37)31(25-13-17(33(39)40)3-7-21(25)22-8-4-18(34(41)42)14-26(22)31)11-12-32(30(38)48-2)27-15-19(35(43)44)5-9-23(27)24-10-6-20(36(45)46)16-28(24)32/h3-10,13-16H,11-12H2,1-2H3. The lowest BCUT2D eigenvalue weighted by Crippen LogP contribution is -2.42. The minimum atomic E-state index is -1.98. The lowest BCUT2D eigenvalue weighted by Gasteiger charge is -2.34. The molecule has 6 rings (SSSR count). The molecule has 48 heavy (non-hydrogen) atoms. The Kier molecular flexibility index (Phi) is 7.22. The van der Waals surface area contributed by atoms with Crippen molar-refractivity contribution in [3.05, 3.63) is 136 Å². The minimum Gasteiger partial charge on any atom is -0.468 e. The summed E-state index contributed by atoms with van der Waals surface area (Å²) >= 11 is 0. The number of nitrogens with zero attached hydrogens (tertiary/aromatic N) is 4. The van der Waals surface area contributed by atoms with Crippen LogP contribution in [0.25, 0.3) is 22.3 Å². The number of rotatable bonds is 9. The van der Waals surface area contributed by atoms with Gasteiger partial charge in [0.1, 0.15) is 10.8 Å². The van der Waals surface area contributed by atoms with Crippen LogP contribution >= 0.6 is 0 Å². The fourth-order valence-electron chi connectivity index (χ4n) is 7.13. The predicted octanol–water partition coefficient (Wildman–Crippen LogP) is 5.68. The SMILES string of the molecule is COC(=O)C1(CCC2(C(=O)OC)c3cc([N+](=O)[O-])ccc3-c3ccc([N+](=O)[O-])cc32)c2cc([N+](=O)[O-])ccc2-c2ccc([N+](=O)[O-])cc21. The van der Waals surface area contributed by atoms with Crippen LogP contribution in [0.1, 0.15) is 35.1 Å². The highest BCUT2D eigenvalue weighted by Crippen LogP contribution is 2.59. The topological polar surface area (TPSA) is 225 Å². The molecule has 0 N–H and O–H groups in total. The van der Waals surface area contributed by atoms with Crippen LogP contribution in [-0.2, 0) is 29.9 Å². The van der Waals surface area contributed by atoms with Crippen molar-refractivity contribution in [1.82, 2.24) is 0 Å². The van der Waals surface area contributed by atoms with Crippen molar-refractivity contribution in [2.24, 2.45) is 0 Å². The fourth-order valence-corrected chi connectivity index (χ4v) is 7.13. The molecular formula is C32H22N4O12. The van der Waals surface area contributed by atoms with Gasteiger partial charge in [-0.15, -0.1) is 0 Å². The molecule has 2 aliphatic rings. The van der Waals surface area contributed by atoms with E-state index in [1.54, 1.807) is 0 Å². The van der Waals surface area contributed by atoms with Crippen molar-refractivity contribution in [3.8, 4) is 22.3 Å². The zero-order valence-electron chi connectivity index (χ0n) is 25.0. The Bertz CT molecular complexity index is 1870. The minimum absolute atomic E-state index is 0.0793. The molecule has 0 unspecified atom stereocenters. The number of carbonyl (C=O) groups is 2. The number of hydrogen-bond acceptors (Lipinski definition) is 12. The molecular weight excluding hydrogens is 632 g/mol. The van der Waals surface area contributed by atoms with Crippen molar-refractivity contribution >= 4 is 34.7 Å². The molecule has 0 amide bonds. The number of carbonyl (C=O) groups excluding carboxylic acids is 2. The normalized spacial score (nSPS) is 14.1. The van der Waals surface area contributed by atoms with E-state index in [1.165, 1.54) is 48.5 Å². The third kappa shape index (κ3) is 4.29. The maximum atomic E-state index is 14.1. The molecule has 2 aliphatic carbocycles. The van der Waals surface area contributed by atoms with Gasteiger partial charge in [-0.05, 0) is 81.6 Å². The third-order valence-corrected chi connectivity index (χ3v) is 9.22. The molecule has 0 saturated carbocycles. The van der Waals surface area contributed by atoms with Crippen molar-refractivity contribution in [3.63, 3.8) is 0 Å². The van der Waals surface area contributed by atoms with Gasteiger partial charge in [0.2, 0.25) is 0 Å². The van der Waals surface area contributed by atoms with E-state index in [-0.39, 0.29) is 22.3 Å². The van der Waals surface area contributed by atoms with E-state index >= 15 is 0 Å². The van der Waals surface area contributed by atoms with E-state index < -0.39 is 78.1 Å². The average molecular weight is 655 g/mol. The smallest absolute Gasteiger partial charge is 0.320 e. The summed E-state index contributed by atoms with van der Waals surface area (Å²) in [5.74, 6) is -1.92.